The Morgan fingerprint density at radius 2 is 2.19 bits per heavy atom. The van der Waals surface area contributed by atoms with E-state index in [0.717, 1.165) is 17.9 Å². The number of aromatic nitrogens is 3. The van der Waals surface area contributed by atoms with Crippen LogP contribution in [0.15, 0.2) is 40.7 Å². The third-order valence-corrected chi connectivity index (χ3v) is 4.43. The first kappa shape index (κ1) is 18.3. The van der Waals surface area contributed by atoms with Crippen molar-refractivity contribution < 1.29 is 18.0 Å². The molecule has 0 aliphatic carbocycles. The highest BCUT2D eigenvalue weighted by Crippen LogP contribution is 2.31. The highest BCUT2D eigenvalue weighted by Gasteiger charge is 2.31. The molecule has 0 atom stereocenters. The Morgan fingerprint density at radius 3 is 2.88 bits per heavy atom. The van der Waals surface area contributed by atoms with Gasteiger partial charge in [0.25, 0.3) is 5.91 Å². The monoisotopic (exact) mass is 383 g/mol. The van der Waals surface area contributed by atoms with Gasteiger partial charge >= 0.3 is 6.18 Å². The second-order valence-electron chi connectivity index (χ2n) is 5.57. The summed E-state index contributed by atoms with van der Waals surface area (Å²) in [6, 6.07) is 4.52. The lowest BCUT2D eigenvalue weighted by Crippen LogP contribution is -2.26. The number of fused-ring (bicyclic) bond motifs is 1. The molecule has 0 saturated heterocycles. The van der Waals surface area contributed by atoms with Crippen LogP contribution < -0.4 is 10.6 Å². The van der Waals surface area contributed by atoms with E-state index in [1.807, 2.05) is 6.92 Å². The maximum Gasteiger partial charge on any atom is 0.416 e. The predicted molar refractivity (Wildman–Crippen MR) is 92.8 cm³/mol. The molecule has 2 aromatic rings. The number of alkyl halides is 3. The van der Waals surface area contributed by atoms with Gasteiger partial charge in [0, 0.05) is 11.4 Å². The van der Waals surface area contributed by atoms with Gasteiger partial charge in [0.2, 0.25) is 11.1 Å². The van der Waals surface area contributed by atoms with Crippen LogP contribution in [0.1, 0.15) is 19.4 Å². The van der Waals surface area contributed by atoms with Gasteiger partial charge in [-0.25, -0.2) is 4.68 Å². The van der Waals surface area contributed by atoms with Crippen molar-refractivity contribution in [2.75, 3.05) is 16.4 Å². The van der Waals surface area contributed by atoms with Gasteiger partial charge in [-0.15, -0.1) is 5.10 Å². The molecule has 138 valence electrons. The van der Waals surface area contributed by atoms with Gasteiger partial charge in [-0.2, -0.15) is 18.2 Å². The van der Waals surface area contributed by atoms with Crippen LogP contribution in [0.25, 0.3) is 0 Å². The number of benzene rings is 1. The first-order chi connectivity index (χ1) is 12.3. The number of amides is 1. The molecule has 2 heterocycles. The van der Waals surface area contributed by atoms with Crippen LogP contribution >= 0.6 is 11.8 Å². The van der Waals surface area contributed by atoms with Crippen molar-refractivity contribution in [2.45, 2.75) is 31.7 Å². The zero-order valence-electron chi connectivity index (χ0n) is 14.0. The average molecular weight is 383 g/mol. The fourth-order valence-electron chi connectivity index (χ4n) is 2.45. The third-order valence-electron chi connectivity index (χ3n) is 3.71. The van der Waals surface area contributed by atoms with E-state index in [1.165, 1.54) is 23.9 Å². The smallest absolute Gasteiger partial charge is 0.328 e. The maximum atomic E-state index is 12.8. The van der Waals surface area contributed by atoms with Gasteiger partial charge in [-0.05, 0) is 30.9 Å². The second-order valence-corrected chi connectivity index (χ2v) is 6.80. The number of hydrogen-bond acceptors (Lipinski definition) is 5. The van der Waals surface area contributed by atoms with Crippen LogP contribution in [0.2, 0.25) is 0 Å². The fourth-order valence-corrected chi connectivity index (χ4v) is 3.01. The molecule has 0 spiro atoms. The molecule has 1 aliphatic rings. The summed E-state index contributed by atoms with van der Waals surface area (Å²) in [6.45, 7) is 3.89. The molecule has 2 N–H and O–H groups in total. The maximum absolute atomic E-state index is 12.8. The zero-order chi connectivity index (χ0) is 18.9. The lowest BCUT2D eigenvalue weighted by Gasteiger charge is -2.19. The largest absolute Gasteiger partial charge is 0.416 e. The van der Waals surface area contributed by atoms with Gasteiger partial charge < -0.3 is 10.6 Å². The Hall–Kier alpha value is -2.49. The standard InChI is InChI=1S/C16H16F3N5OS/c1-3-26-15-22-14-20-9(2)12(8-24(14)23-15)13(25)21-11-6-4-5-10(7-11)16(17,18)19/h4-7H,3,8H2,1-2H3,(H,21,25)(H,20,22,23). The van der Waals surface area contributed by atoms with E-state index >= 15 is 0 Å². The quantitative estimate of drug-likeness (QED) is 0.787. The number of thioether (sulfide) groups is 1. The normalized spacial score (nSPS) is 14.0. The number of carbonyl (C=O) groups excluding carboxylic acids is 1. The summed E-state index contributed by atoms with van der Waals surface area (Å²) in [7, 11) is 0. The van der Waals surface area contributed by atoms with Crippen molar-refractivity contribution in [2.24, 2.45) is 0 Å². The Balaban J connectivity index is 1.77. The fraction of sp³-hybridized carbons (Fsp3) is 0.312. The molecule has 1 aromatic heterocycles. The lowest BCUT2D eigenvalue weighted by atomic mass is 10.1. The molecule has 26 heavy (non-hydrogen) atoms. The molecule has 0 saturated carbocycles. The molecule has 10 heteroatoms. The van der Waals surface area contributed by atoms with E-state index in [0.29, 0.717) is 22.4 Å². The Kier molecular flexibility index (Phi) is 4.94. The minimum absolute atomic E-state index is 0.0803. The predicted octanol–water partition coefficient (Wildman–Crippen LogP) is 3.75. The van der Waals surface area contributed by atoms with Crippen LogP contribution in [0.3, 0.4) is 0 Å². The first-order valence-corrected chi connectivity index (χ1v) is 8.79. The van der Waals surface area contributed by atoms with E-state index in [2.05, 4.69) is 20.7 Å². The molecule has 0 fully saturated rings. The topological polar surface area (TPSA) is 71.8 Å². The molecular weight excluding hydrogens is 367 g/mol. The minimum Gasteiger partial charge on any atom is -0.328 e. The summed E-state index contributed by atoms with van der Waals surface area (Å²) in [4.78, 5) is 16.8. The SMILES string of the molecule is CCSc1nc2n(n1)CC(C(=O)Nc1cccc(C(F)(F)F)c1)=C(C)N2. The van der Waals surface area contributed by atoms with Crippen molar-refractivity contribution in [3.05, 3.63) is 41.1 Å². The molecule has 0 radical (unpaired) electrons. The van der Waals surface area contributed by atoms with Crippen LogP contribution in [0.4, 0.5) is 24.8 Å². The molecule has 1 aliphatic heterocycles. The van der Waals surface area contributed by atoms with Crippen LogP contribution in [0, 0.1) is 0 Å². The van der Waals surface area contributed by atoms with Crippen LogP contribution in [-0.4, -0.2) is 26.4 Å². The summed E-state index contributed by atoms with van der Waals surface area (Å²) >= 11 is 1.48. The van der Waals surface area contributed by atoms with Crippen LogP contribution in [-0.2, 0) is 17.5 Å². The number of hydrogen-bond donors (Lipinski definition) is 2. The van der Waals surface area contributed by atoms with Gasteiger partial charge in [0.05, 0.1) is 17.7 Å². The van der Waals surface area contributed by atoms with Crippen molar-refractivity contribution in [1.82, 2.24) is 14.8 Å². The van der Waals surface area contributed by atoms with E-state index in [1.54, 1.807) is 11.6 Å². The summed E-state index contributed by atoms with van der Waals surface area (Å²) in [5, 5.41) is 10.4. The zero-order valence-corrected chi connectivity index (χ0v) is 14.8. The Labute approximate surface area is 151 Å². The summed E-state index contributed by atoms with van der Waals surface area (Å²) in [6.07, 6.45) is -4.47. The highest BCUT2D eigenvalue weighted by atomic mass is 32.2. The molecule has 0 unspecified atom stereocenters. The molecular formula is C16H16F3N5OS. The van der Waals surface area contributed by atoms with Crippen molar-refractivity contribution in [3.8, 4) is 0 Å². The van der Waals surface area contributed by atoms with Gasteiger partial charge in [0.15, 0.2) is 0 Å². The molecule has 3 rings (SSSR count). The van der Waals surface area contributed by atoms with Crippen molar-refractivity contribution >= 4 is 29.3 Å². The lowest BCUT2D eigenvalue weighted by molar-refractivity contribution is -0.137. The van der Waals surface area contributed by atoms with Gasteiger partial charge in [-0.1, -0.05) is 24.8 Å². The number of rotatable bonds is 4. The number of anilines is 2. The second kappa shape index (κ2) is 7.02. The molecule has 1 amide bonds. The molecule has 0 bridgehead atoms. The van der Waals surface area contributed by atoms with Crippen molar-refractivity contribution in [1.29, 1.82) is 0 Å². The summed E-state index contributed by atoms with van der Waals surface area (Å²) < 4.78 is 40.0. The highest BCUT2D eigenvalue weighted by molar-refractivity contribution is 7.99. The minimum atomic E-state index is -4.47. The number of allylic oxidation sites excluding steroid dienone is 1. The number of nitrogens with zero attached hydrogens (tertiary/aromatic N) is 3. The van der Waals surface area contributed by atoms with Gasteiger partial charge in [-0.3, -0.25) is 4.79 Å². The summed E-state index contributed by atoms with van der Waals surface area (Å²) in [5.41, 5.74) is 0.231. The van der Waals surface area contributed by atoms with Gasteiger partial charge in [0.1, 0.15) is 0 Å². The molecule has 1 aromatic carbocycles. The summed E-state index contributed by atoms with van der Waals surface area (Å²) in [5.74, 6) is 0.868. The Morgan fingerprint density at radius 1 is 1.42 bits per heavy atom. The number of nitrogens with one attached hydrogen (secondary N) is 2. The number of carbonyl (C=O) groups is 1. The van der Waals surface area contributed by atoms with Crippen LogP contribution in [0.5, 0.6) is 0 Å². The Bertz CT molecular complexity index is 875. The van der Waals surface area contributed by atoms with E-state index in [-0.39, 0.29) is 12.2 Å². The number of halogens is 3. The van der Waals surface area contributed by atoms with E-state index < -0.39 is 17.6 Å². The van der Waals surface area contributed by atoms with E-state index in [9.17, 15) is 18.0 Å². The van der Waals surface area contributed by atoms with Crippen molar-refractivity contribution in [3.63, 3.8) is 0 Å². The third kappa shape index (κ3) is 3.85. The first-order valence-electron chi connectivity index (χ1n) is 7.81. The van der Waals surface area contributed by atoms with E-state index in [4.69, 9.17) is 0 Å². The molecule has 6 nitrogen and oxygen atoms in total. The average Bonchev–Trinajstić information content (AvgIpc) is 2.95.